The first-order valence-corrected chi connectivity index (χ1v) is 8.79. The number of hydrogen-bond acceptors (Lipinski definition) is 2. The smallest absolute Gasteiger partial charge is 0.186 e. The molecule has 0 radical (unpaired) electrons. The Kier molecular flexibility index (Phi) is 3.41. The molecule has 0 spiro atoms. The van der Waals surface area contributed by atoms with Crippen LogP contribution >= 0.6 is 0 Å². The van der Waals surface area contributed by atoms with Crippen molar-refractivity contribution in [1.82, 2.24) is 4.98 Å². The molecule has 0 bridgehead atoms. The van der Waals surface area contributed by atoms with Crippen LogP contribution in [0.4, 0.5) is 0 Å². The Labute approximate surface area is 156 Å². The first-order valence-electron chi connectivity index (χ1n) is 8.79. The third-order valence-electron chi connectivity index (χ3n) is 4.99. The molecular formula is C24H15NO2. The van der Waals surface area contributed by atoms with Crippen molar-refractivity contribution >= 4 is 22.5 Å². The van der Waals surface area contributed by atoms with Crippen molar-refractivity contribution in [3.05, 3.63) is 96.1 Å². The van der Waals surface area contributed by atoms with Gasteiger partial charge in [0.1, 0.15) is 0 Å². The molecule has 4 aromatic rings. The van der Waals surface area contributed by atoms with Gasteiger partial charge in [-0.3, -0.25) is 9.59 Å². The molecule has 0 aliphatic heterocycles. The van der Waals surface area contributed by atoms with Crippen LogP contribution in [0.3, 0.4) is 0 Å². The number of H-pyrrole nitrogens is 1. The van der Waals surface area contributed by atoms with Crippen molar-refractivity contribution in [2.24, 2.45) is 0 Å². The lowest BCUT2D eigenvalue weighted by Crippen LogP contribution is -2.11. The monoisotopic (exact) mass is 349 g/mol. The first-order chi connectivity index (χ1) is 13.2. The number of hydrogen-bond donors (Lipinski definition) is 1. The minimum Gasteiger partial charge on any atom is -0.354 e. The lowest BCUT2D eigenvalue weighted by Gasteiger charge is -2.12. The number of carbonyl (C=O) groups is 2. The predicted molar refractivity (Wildman–Crippen MR) is 107 cm³/mol. The van der Waals surface area contributed by atoms with Gasteiger partial charge in [-0.1, -0.05) is 54.6 Å². The van der Waals surface area contributed by atoms with E-state index >= 15 is 0 Å². The topological polar surface area (TPSA) is 49.9 Å². The van der Waals surface area contributed by atoms with Crippen LogP contribution in [0.25, 0.3) is 33.3 Å². The average Bonchev–Trinajstić information content (AvgIpc) is 3.11. The molecule has 1 N–H and O–H groups in total. The zero-order valence-electron chi connectivity index (χ0n) is 14.4. The summed E-state index contributed by atoms with van der Waals surface area (Å²) in [7, 11) is 0. The minimum absolute atomic E-state index is 0.127. The van der Waals surface area contributed by atoms with E-state index in [1.165, 1.54) is 12.2 Å². The highest BCUT2D eigenvalue weighted by molar-refractivity contribution is 6.22. The maximum Gasteiger partial charge on any atom is 0.186 e. The molecule has 0 amide bonds. The molecule has 128 valence electrons. The van der Waals surface area contributed by atoms with Gasteiger partial charge in [0, 0.05) is 27.6 Å². The number of rotatable bonds is 2. The van der Waals surface area contributed by atoms with Gasteiger partial charge in [-0.05, 0) is 41.5 Å². The van der Waals surface area contributed by atoms with Crippen LogP contribution in [0.2, 0.25) is 0 Å². The van der Waals surface area contributed by atoms with Crippen LogP contribution in [0, 0.1) is 0 Å². The van der Waals surface area contributed by atoms with Crippen molar-refractivity contribution in [1.29, 1.82) is 0 Å². The lowest BCUT2D eigenvalue weighted by molar-refractivity contribution is 0.0994. The Morgan fingerprint density at radius 2 is 1.33 bits per heavy atom. The molecule has 27 heavy (non-hydrogen) atoms. The highest BCUT2D eigenvalue weighted by atomic mass is 16.1. The zero-order valence-corrected chi connectivity index (χ0v) is 14.4. The van der Waals surface area contributed by atoms with Crippen molar-refractivity contribution in [2.45, 2.75) is 0 Å². The number of benzene rings is 3. The summed E-state index contributed by atoms with van der Waals surface area (Å²) in [5.41, 5.74) is 5.99. The number of aromatic nitrogens is 1. The molecule has 3 nitrogen and oxygen atoms in total. The molecule has 0 saturated heterocycles. The third-order valence-corrected chi connectivity index (χ3v) is 4.99. The van der Waals surface area contributed by atoms with Gasteiger partial charge in [-0.15, -0.1) is 0 Å². The highest BCUT2D eigenvalue weighted by Crippen LogP contribution is 2.39. The quantitative estimate of drug-likeness (QED) is 0.524. The van der Waals surface area contributed by atoms with Crippen LogP contribution < -0.4 is 0 Å². The Morgan fingerprint density at radius 3 is 2.15 bits per heavy atom. The number of aromatic amines is 1. The number of ketones is 2. The number of carbonyl (C=O) groups excluding carboxylic acids is 2. The summed E-state index contributed by atoms with van der Waals surface area (Å²) in [6.07, 6.45) is 2.69. The van der Waals surface area contributed by atoms with E-state index < -0.39 is 0 Å². The van der Waals surface area contributed by atoms with E-state index in [1.807, 2.05) is 48.5 Å². The van der Waals surface area contributed by atoms with Gasteiger partial charge in [-0.2, -0.15) is 0 Å². The maximum absolute atomic E-state index is 12.3. The third kappa shape index (κ3) is 2.44. The van der Waals surface area contributed by atoms with Crippen LogP contribution in [-0.2, 0) is 0 Å². The van der Waals surface area contributed by atoms with Gasteiger partial charge < -0.3 is 4.98 Å². The summed E-state index contributed by atoms with van der Waals surface area (Å²) in [5.74, 6) is -0.258. The fraction of sp³-hybridized carbons (Fsp3) is 0. The molecule has 3 heteroatoms. The molecule has 0 unspecified atom stereocenters. The standard InChI is InChI=1S/C24H15NO2/c26-21-12-13-22(27)19-14-16(10-11-17(19)21)23-18-8-4-5-9-20(18)25-24(23)15-6-2-1-3-7-15/h1-14,25H. The predicted octanol–water partition coefficient (Wildman–Crippen LogP) is 5.44. The molecule has 1 aromatic heterocycles. The molecule has 5 rings (SSSR count). The van der Waals surface area contributed by atoms with Gasteiger partial charge in [0.15, 0.2) is 11.6 Å². The normalized spacial score (nSPS) is 13.2. The zero-order chi connectivity index (χ0) is 18.4. The second-order valence-electron chi connectivity index (χ2n) is 6.61. The Balaban J connectivity index is 1.80. The fourth-order valence-electron chi connectivity index (χ4n) is 3.71. The second kappa shape index (κ2) is 5.92. The van der Waals surface area contributed by atoms with Gasteiger partial charge in [-0.25, -0.2) is 0 Å². The number of para-hydroxylation sites is 1. The summed E-state index contributed by atoms with van der Waals surface area (Å²) in [6.45, 7) is 0. The molecule has 0 atom stereocenters. The van der Waals surface area contributed by atoms with E-state index in [0.717, 1.165) is 33.3 Å². The molecule has 0 saturated carbocycles. The summed E-state index contributed by atoms with van der Waals surface area (Å²) in [5, 5.41) is 1.08. The highest BCUT2D eigenvalue weighted by Gasteiger charge is 2.21. The van der Waals surface area contributed by atoms with Crippen LogP contribution in [-0.4, -0.2) is 16.6 Å². The van der Waals surface area contributed by atoms with Crippen LogP contribution in [0.1, 0.15) is 20.7 Å². The van der Waals surface area contributed by atoms with E-state index in [1.54, 1.807) is 6.07 Å². The largest absolute Gasteiger partial charge is 0.354 e. The second-order valence-corrected chi connectivity index (χ2v) is 6.61. The molecule has 1 heterocycles. The van der Waals surface area contributed by atoms with E-state index in [0.29, 0.717) is 11.1 Å². The van der Waals surface area contributed by atoms with Gasteiger partial charge in [0.2, 0.25) is 0 Å². The Hall–Kier alpha value is -3.72. The fourth-order valence-corrected chi connectivity index (χ4v) is 3.71. The Morgan fingerprint density at radius 1 is 0.630 bits per heavy atom. The van der Waals surface area contributed by atoms with Gasteiger partial charge >= 0.3 is 0 Å². The van der Waals surface area contributed by atoms with Crippen molar-refractivity contribution in [3.8, 4) is 22.4 Å². The Bertz CT molecular complexity index is 1250. The van der Waals surface area contributed by atoms with Gasteiger partial charge in [0.05, 0.1) is 5.69 Å². The summed E-state index contributed by atoms with van der Waals surface area (Å²) < 4.78 is 0. The van der Waals surface area contributed by atoms with E-state index in [9.17, 15) is 9.59 Å². The van der Waals surface area contributed by atoms with E-state index in [4.69, 9.17) is 0 Å². The molecule has 3 aromatic carbocycles. The van der Waals surface area contributed by atoms with E-state index in [-0.39, 0.29) is 11.6 Å². The molecular weight excluding hydrogens is 334 g/mol. The number of fused-ring (bicyclic) bond motifs is 2. The molecule has 1 aliphatic rings. The molecule has 0 fully saturated rings. The first kappa shape index (κ1) is 15.5. The van der Waals surface area contributed by atoms with E-state index in [2.05, 4.69) is 23.2 Å². The van der Waals surface area contributed by atoms with Crippen molar-refractivity contribution in [2.75, 3.05) is 0 Å². The summed E-state index contributed by atoms with van der Waals surface area (Å²) in [6, 6.07) is 23.7. The number of allylic oxidation sites excluding steroid dienone is 2. The van der Waals surface area contributed by atoms with Crippen molar-refractivity contribution in [3.63, 3.8) is 0 Å². The lowest BCUT2D eigenvalue weighted by atomic mass is 9.90. The maximum atomic E-state index is 12.3. The SMILES string of the molecule is O=C1C=CC(=O)c2cc(-c3c(-c4ccccc4)[nH]c4ccccc34)ccc21. The summed E-state index contributed by atoms with van der Waals surface area (Å²) in [4.78, 5) is 27.9. The minimum atomic E-state index is -0.132. The average molecular weight is 349 g/mol. The number of nitrogens with one attached hydrogen (secondary N) is 1. The van der Waals surface area contributed by atoms with Crippen LogP contribution in [0.15, 0.2) is 84.9 Å². The summed E-state index contributed by atoms with van der Waals surface area (Å²) >= 11 is 0. The molecule has 1 aliphatic carbocycles. The van der Waals surface area contributed by atoms with Crippen LogP contribution in [0.5, 0.6) is 0 Å². The van der Waals surface area contributed by atoms with Crippen molar-refractivity contribution < 1.29 is 9.59 Å². The van der Waals surface area contributed by atoms with Gasteiger partial charge in [0.25, 0.3) is 0 Å².